The maximum atomic E-state index is 13.2. The van der Waals surface area contributed by atoms with Crippen molar-refractivity contribution in [2.45, 2.75) is 26.4 Å². The molecule has 0 aromatic carbocycles. The minimum Gasteiger partial charge on any atom is -0.481 e. The summed E-state index contributed by atoms with van der Waals surface area (Å²) in [5, 5.41) is 10.1. The predicted octanol–water partition coefficient (Wildman–Crippen LogP) is 3.72. The second-order valence-electron chi connectivity index (χ2n) is 6.66. The number of hydrogen-bond acceptors (Lipinski definition) is 4. The summed E-state index contributed by atoms with van der Waals surface area (Å²) in [6.07, 6.45) is -3.89. The first-order chi connectivity index (χ1) is 12.6. The van der Waals surface area contributed by atoms with E-state index >= 15 is 0 Å². The summed E-state index contributed by atoms with van der Waals surface area (Å²) >= 11 is 3.32. The number of carbonyl (C=O) groups excluding carboxylic acids is 1. The van der Waals surface area contributed by atoms with Gasteiger partial charge in [-0.1, -0.05) is 15.9 Å². The van der Waals surface area contributed by atoms with Crippen molar-refractivity contribution in [1.29, 1.82) is 0 Å². The minimum atomic E-state index is -4.60. The maximum Gasteiger partial charge on any atom is 0.435 e. The lowest BCUT2D eigenvalue weighted by molar-refractivity contribution is -0.141. The van der Waals surface area contributed by atoms with E-state index in [-0.39, 0.29) is 17.3 Å². The monoisotopic (exact) mass is 446 g/mol. The molecule has 10 heteroatoms. The van der Waals surface area contributed by atoms with Crippen LogP contribution < -0.4 is 4.74 Å². The van der Waals surface area contributed by atoms with E-state index in [1.54, 1.807) is 19.9 Å². The summed E-state index contributed by atoms with van der Waals surface area (Å²) in [5.74, 6) is -0.0360. The number of pyridine rings is 1. The van der Waals surface area contributed by atoms with Crippen LogP contribution in [-0.2, 0) is 11.0 Å². The first kappa shape index (κ1) is 19.7. The Kier molecular flexibility index (Phi) is 4.96. The zero-order valence-corrected chi connectivity index (χ0v) is 16.6. The van der Waals surface area contributed by atoms with Crippen molar-refractivity contribution in [3.8, 4) is 5.88 Å². The second kappa shape index (κ2) is 6.81. The molecule has 0 spiro atoms. The Morgan fingerprint density at radius 3 is 2.59 bits per heavy atom. The first-order valence-corrected chi connectivity index (χ1v) is 9.34. The van der Waals surface area contributed by atoms with Crippen LogP contribution >= 0.6 is 15.9 Å². The number of ether oxygens (including phenoxy) is 1. The van der Waals surface area contributed by atoms with Gasteiger partial charge in [-0.25, -0.2) is 5.01 Å². The molecule has 0 fully saturated rings. The summed E-state index contributed by atoms with van der Waals surface area (Å²) in [6.45, 7) is 3.85. The van der Waals surface area contributed by atoms with Crippen LogP contribution in [0, 0.1) is 5.41 Å². The number of nitrogens with zero attached hydrogens (tertiary/aromatic N) is 4. The van der Waals surface area contributed by atoms with Crippen LogP contribution in [0.3, 0.4) is 0 Å². The average molecular weight is 447 g/mol. The van der Waals surface area contributed by atoms with Gasteiger partial charge < -0.3 is 4.74 Å². The zero-order valence-electron chi connectivity index (χ0n) is 15.0. The van der Waals surface area contributed by atoms with Crippen LogP contribution in [0.2, 0.25) is 0 Å². The van der Waals surface area contributed by atoms with Gasteiger partial charge in [0.05, 0.1) is 23.8 Å². The number of aromatic nitrogens is 2. The highest BCUT2D eigenvalue weighted by Gasteiger charge is 2.45. The SMILES string of the molecule is COc1ccc(C2=NN(CCCBr)C(=O)C2(C)C)c2cc(C(F)(F)F)nn12. The number of halogens is 4. The van der Waals surface area contributed by atoms with Crippen molar-refractivity contribution in [2.75, 3.05) is 19.0 Å². The molecule has 1 aliphatic heterocycles. The van der Waals surface area contributed by atoms with Crippen LogP contribution in [0.25, 0.3) is 5.52 Å². The molecule has 0 radical (unpaired) electrons. The van der Waals surface area contributed by atoms with E-state index in [0.29, 0.717) is 29.6 Å². The molecule has 0 unspecified atom stereocenters. The Bertz CT molecular complexity index is 921. The standard InChI is InChI=1S/C17H18BrF3N4O2/c1-16(2)14(23-24(15(16)26)8-4-7-18)10-5-6-13(27-3)25-11(10)9-12(22-25)17(19,20)21/h5-6,9H,4,7-8H2,1-3H3. The molecule has 0 aliphatic carbocycles. The third kappa shape index (κ3) is 3.30. The van der Waals surface area contributed by atoms with E-state index in [1.165, 1.54) is 18.2 Å². The van der Waals surface area contributed by atoms with Crippen LogP contribution in [0.4, 0.5) is 13.2 Å². The van der Waals surface area contributed by atoms with Gasteiger partial charge in [-0.05, 0) is 32.4 Å². The maximum absolute atomic E-state index is 13.2. The number of methoxy groups -OCH3 is 1. The highest BCUT2D eigenvalue weighted by Crippen LogP contribution is 2.36. The molecular formula is C17H18BrF3N4O2. The third-order valence-corrected chi connectivity index (χ3v) is 4.99. The van der Waals surface area contributed by atoms with Crippen molar-refractivity contribution in [1.82, 2.24) is 14.6 Å². The number of carbonyl (C=O) groups is 1. The van der Waals surface area contributed by atoms with E-state index in [2.05, 4.69) is 26.1 Å². The van der Waals surface area contributed by atoms with Gasteiger partial charge in [0.15, 0.2) is 5.69 Å². The van der Waals surface area contributed by atoms with Crippen LogP contribution in [0.15, 0.2) is 23.3 Å². The topological polar surface area (TPSA) is 59.2 Å². The fourth-order valence-electron chi connectivity index (χ4n) is 3.01. The van der Waals surface area contributed by atoms with E-state index in [0.717, 1.165) is 10.6 Å². The summed E-state index contributed by atoms with van der Waals surface area (Å²) in [5.41, 5.74) is -0.998. The molecule has 146 valence electrons. The summed E-state index contributed by atoms with van der Waals surface area (Å²) in [7, 11) is 1.35. The van der Waals surface area contributed by atoms with Gasteiger partial charge in [0.25, 0.3) is 5.91 Å². The Hall–Kier alpha value is -2.10. The quantitative estimate of drug-likeness (QED) is 0.657. The lowest BCUT2D eigenvalue weighted by Gasteiger charge is -2.20. The molecule has 2 aromatic rings. The molecule has 1 amide bonds. The molecule has 27 heavy (non-hydrogen) atoms. The highest BCUT2D eigenvalue weighted by atomic mass is 79.9. The third-order valence-electron chi connectivity index (χ3n) is 4.43. The van der Waals surface area contributed by atoms with Gasteiger partial charge in [0.2, 0.25) is 5.88 Å². The van der Waals surface area contributed by atoms with Gasteiger partial charge in [-0.15, -0.1) is 0 Å². The molecule has 0 atom stereocenters. The molecule has 3 heterocycles. The lowest BCUT2D eigenvalue weighted by Crippen LogP contribution is -2.35. The fraction of sp³-hybridized carbons (Fsp3) is 0.471. The summed E-state index contributed by atoms with van der Waals surface area (Å²) in [4.78, 5) is 12.7. The van der Waals surface area contributed by atoms with Gasteiger partial charge in [-0.2, -0.15) is 27.9 Å². The first-order valence-electron chi connectivity index (χ1n) is 8.22. The molecule has 3 rings (SSSR count). The van der Waals surface area contributed by atoms with Gasteiger partial charge in [-0.3, -0.25) is 4.79 Å². The zero-order chi connectivity index (χ0) is 20.0. The van der Waals surface area contributed by atoms with Crippen molar-refractivity contribution in [3.63, 3.8) is 0 Å². The van der Waals surface area contributed by atoms with E-state index in [1.807, 2.05) is 0 Å². The summed E-state index contributed by atoms with van der Waals surface area (Å²) < 4.78 is 45.7. The normalized spacial score (nSPS) is 16.9. The Labute approximate surface area is 162 Å². The fourth-order valence-corrected chi connectivity index (χ4v) is 3.26. The van der Waals surface area contributed by atoms with Crippen LogP contribution in [0.1, 0.15) is 31.5 Å². The number of fused-ring (bicyclic) bond motifs is 1. The van der Waals surface area contributed by atoms with Crippen LogP contribution in [0.5, 0.6) is 5.88 Å². The molecule has 6 nitrogen and oxygen atoms in total. The van der Waals surface area contributed by atoms with E-state index in [4.69, 9.17) is 4.74 Å². The molecular weight excluding hydrogens is 429 g/mol. The molecule has 2 aromatic heterocycles. The molecule has 0 saturated heterocycles. The molecule has 0 bridgehead atoms. The second-order valence-corrected chi connectivity index (χ2v) is 7.45. The lowest BCUT2D eigenvalue weighted by atomic mass is 9.83. The number of amides is 1. The molecule has 0 saturated carbocycles. The largest absolute Gasteiger partial charge is 0.481 e. The van der Waals surface area contributed by atoms with Crippen molar-refractivity contribution in [3.05, 3.63) is 29.5 Å². The molecule has 1 aliphatic rings. The Morgan fingerprint density at radius 1 is 1.30 bits per heavy atom. The number of hydrogen-bond donors (Lipinski definition) is 0. The smallest absolute Gasteiger partial charge is 0.435 e. The van der Waals surface area contributed by atoms with Crippen molar-refractivity contribution < 1.29 is 22.7 Å². The van der Waals surface area contributed by atoms with Crippen molar-refractivity contribution >= 4 is 33.1 Å². The average Bonchev–Trinajstić information content (AvgIpc) is 3.14. The number of rotatable bonds is 5. The van der Waals surface area contributed by atoms with Gasteiger partial charge in [0.1, 0.15) is 0 Å². The Morgan fingerprint density at radius 2 is 2.00 bits per heavy atom. The molecule has 0 N–H and O–H groups in total. The van der Waals surface area contributed by atoms with Crippen molar-refractivity contribution in [2.24, 2.45) is 10.5 Å². The van der Waals surface area contributed by atoms with Gasteiger partial charge >= 0.3 is 6.18 Å². The summed E-state index contributed by atoms with van der Waals surface area (Å²) in [6, 6.07) is 4.07. The predicted molar refractivity (Wildman–Crippen MR) is 97.2 cm³/mol. The number of alkyl halides is 4. The van der Waals surface area contributed by atoms with Gasteiger partial charge in [0, 0.05) is 23.5 Å². The van der Waals surface area contributed by atoms with E-state index < -0.39 is 17.3 Å². The minimum absolute atomic E-state index is 0.156. The highest BCUT2D eigenvalue weighted by molar-refractivity contribution is 9.09. The van der Waals surface area contributed by atoms with Crippen LogP contribution in [-0.4, -0.2) is 45.2 Å². The Balaban J connectivity index is 2.18. The van der Waals surface area contributed by atoms with E-state index in [9.17, 15) is 18.0 Å². The number of hydrazone groups is 1.